The highest BCUT2D eigenvalue weighted by molar-refractivity contribution is 5.95. The Bertz CT molecular complexity index is 979. The van der Waals surface area contributed by atoms with Crippen molar-refractivity contribution in [1.82, 2.24) is 19.7 Å². The number of hydrogen-bond acceptors (Lipinski definition) is 4. The van der Waals surface area contributed by atoms with E-state index in [-0.39, 0.29) is 5.56 Å². The lowest BCUT2D eigenvalue weighted by atomic mass is 10.0. The summed E-state index contributed by atoms with van der Waals surface area (Å²) in [5.74, 6) is 0.959. The molecule has 1 aromatic carbocycles. The number of carboxylic acids is 1. The molecule has 6 heteroatoms. The molecule has 0 saturated heterocycles. The summed E-state index contributed by atoms with van der Waals surface area (Å²) in [6.45, 7) is 5.29. The Morgan fingerprint density at radius 3 is 2.48 bits per heavy atom. The van der Waals surface area contributed by atoms with E-state index in [0.29, 0.717) is 17.7 Å². The van der Waals surface area contributed by atoms with E-state index in [2.05, 4.69) is 23.5 Å². The lowest BCUT2D eigenvalue weighted by Crippen LogP contribution is -2.07. The first-order valence-corrected chi connectivity index (χ1v) is 11.3. The van der Waals surface area contributed by atoms with Crippen LogP contribution in [-0.4, -0.2) is 30.8 Å². The minimum absolute atomic E-state index is 0.259. The van der Waals surface area contributed by atoms with E-state index < -0.39 is 5.97 Å². The van der Waals surface area contributed by atoms with Crippen LogP contribution in [0.25, 0.3) is 11.3 Å². The topological polar surface area (TPSA) is 80.9 Å². The highest BCUT2D eigenvalue weighted by atomic mass is 16.4. The van der Waals surface area contributed by atoms with Crippen LogP contribution in [0.5, 0.6) is 0 Å². The molecule has 6 nitrogen and oxygen atoms in total. The van der Waals surface area contributed by atoms with Gasteiger partial charge in [-0.05, 0) is 30.5 Å². The Kier molecular flexibility index (Phi) is 8.33. The Labute approximate surface area is 184 Å². The normalized spacial score (nSPS) is 11.0. The van der Waals surface area contributed by atoms with E-state index in [9.17, 15) is 9.90 Å². The Morgan fingerprint density at radius 2 is 1.77 bits per heavy atom. The number of pyridine rings is 1. The van der Waals surface area contributed by atoms with Gasteiger partial charge in [0.2, 0.25) is 0 Å². The molecule has 0 aliphatic heterocycles. The Balaban J connectivity index is 1.77. The van der Waals surface area contributed by atoms with Crippen molar-refractivity contribution in [1.29, 1.82) is 0 Å². The molecule has 3 aromatic rings. The number of aryl methyl sites for hydroxylation is 2. The van der Waals surface area contributed by atoms with Gasteiger partial charge in [0.05, 0.1) is 11.3 Å². The number of carboxylic acid groups (broad SMARTS) is 1. The minimum Gasteiger partial charge on any atom is -0.478 e. The predicted octanol–water partition coefficient (Wildman–Crippen LogP) is 5.55. The van der Waals surface area contributed by atoms with Crippen molar-refractivity contribution in [2.75, 3.05) is 0 Å². The first-order chi connectivity index (χ1) is 15.1. The van der Waals surface area contributed by atoms with Crippen molar-refractivity contribution in [3.05, 3.63) is 65.4 Å². The summed E-state index contributed by atoms with van der Waals surface area (Å²) in [6.07, 6.45) is 10.4. The number of unbranched alkanes of at least 4 members (excludes halogenated alkanes) is 4. The van der Waals surface area contributed by atoms with Crippen molar-refractivity contribution >= 4 is 5.97 Å². The summed E-state index contributed by atoms with van der Waals surface area (Å²) in [5, 5.41) is 14.2. The molecule has 0 aliphatic rings. The maximum Gasteiger partial charge on any atom is 0.336 e. The largest absolute Gasteiger partial charge is 0.478 e. The molecule has 0 bridgehead atoms. The Hall–Kier alpha value is -3.02. The SMILES string of the molecule is CCCCCc1nc(Cc2ccc(-c3ccccc3C(=O)O)nc2)n(CCCCC)n1. The van der Waals surface area contributed by atoms with E-state index in [1.165, 1.54) is 25.7 Å². The third kappa shape index (κ3) is 6.23. The van der Waals surface area contributed by atoms with Crippen molar-refractivity contribution in [2.45, 2.75) is 71.8 Å². The maximum absolute atomic E-state index is 11.5. The van der Waals surface area contributed by atoms with Gasteiger partial charge in [-0.25, -0.2) is 14.5 Å². The van der Waals surface area contributed by atoms with Crippen LogP contribution in [0.1, 0.15) is 79.9 Å². The lowest BCUT2D eigenvalue weighted by molar-refractivity contribution is 0.0697. The summed E-state index contributed by atoms with van der Waals surface area (Å²) in [4.78, 5) is 20.9. The first-order valence-electron chi connectivity index (χ1n) is 11.3. The minimum atomic E-state index is -0.947. The number of aromatic carboxylic acids is 1. The van der Waals surface area contributed by atoms with Gasteiger partial charge in [0.15, 0.2) is 5.82 Å². The van der Waals surface area contributed by atoms with Crippen LogP contribution < -0.4 is 0 Å². The summed E-state index contributed by atoms with van der Waals surface area (Å²) in [5.41, 5.74) is 2.59. The van der Waals surface area contributed by atoms with Crippen molar-refractivity contribution in [3.8, 4) is 11.3 Å². The molecule has 1 N–H and O–H groups in total. The standard InChI is InChI=1S/C25H32N4O2/c1-3-5-7-13-23-27-24(29(28-23)16-10-6-4-2)17-19-14-15-22(26-18-19)20-11-8-9-12-21(20)25(30)31/h8-9,11-12,14-15,18H,3-7,10,13,16-17H2,1-2H3,(H,30,31). The van der Waals surface area contributed by atoms with Gasteiger partial charge < -0.3 is 5.11 Å². The highest BCUT2D eigenvalue weighted by Crippen LogP contribution is 2.22. The average Bonchev–Trinajstić information content (AvgIpc) is 3.16. The van der Waals surface area contributed by atoms with E-state index in [0.717, 1.165) is 43.0 Å². The van der Waals surface area contributed by atoms with Crippen molar-refractivity contribution in [3.63, 3.8) is 0 Å². The van der Waals surface area contributed by atoms with Crippen LogP contribution in [0.2, 0.25) is 0 Å². The molecular formula is C25H32N4O2. The molecule has 0 aliphatic carbocycles. The fourth-order valence-corrected chi connectivity index (χ4v) is 3.65. The molecular weight excluding hydrogens is 388 g/mol. The third-order valence-corrected chi connectivity index (χ3v) is 5.39. The molecule has 0 amide bonds. The number of carbonyl (C=O) groups is 1. The first kappa shape index (κ1) is 22.7. The van der Waals surface area contributed by atoms with Crippen molar-refractivity contribution < 1.29 is 9.90 Å². The Morgan fingerprint density at radius 1 is 1.00 bits per heavy atom. The molecule has 0 atom stereocenters. The van der Waals surface area contributed by atoms with E-state index >= 15 is 0 Å². The van der Waals surface area contributed by atoms with Crippen LogP contribution in [0, 0.1) is 0 Å². The number of rotatable bonds is 12. The molecule has 2 aromatic heterocycles. The second-order valence-electron chi connectivity index (χ2n) is 7.91. The van der Waals surface area contributed by atoms with Gasteiger partial charge in [-0.2, -0.15) is 5.10 Å². The molecule has 0 unspecified atom stereocenters. The zero-order valence-corrected chi connectivity index (χ0v) is 18.5. The molecule has 31 heavy (non-hydrogen) atoms. The van der Waals surface area contributed by atoms with Gasteiger partial charge in [-0.1, -0.05) is 63.8 Å². The fraction of sp³-hybridized carbons (Fsp3) is 0.440. The maximum atomic E-state index is 11.5. The van der Waals surface area contributed by atoms with Crippen LogP contribution in [0.15, 0.2) is 42.6 Å². The summed E-state index contributed by atoms with van der Waals surface area (Å²) >= 11 is 0. The quantitative estimate of drug-likeness (QED) is 0.388. The summed E-state index contributed by atoms with van der Waals surface area (Å²) < 4.78 is 2.06. The summed E-state index contributed by atoms with van der Waals surface area (Å²) in [6, 6.07) is 10.8. The summed E-state index contributed by atoms with van der Waals surface area (Å²) in [7, 11) is 0. The van der Waals surface area contributed by atoms with E-state index in [4.69, 9.17) is 10.1 Å². The molecule has 0 fully saturated rings. The average molecular weight is 421 g/mol. The zero-order chi connectivity index (χ0) is 22.1. The van der Waals surface area contributed by atoms with Crippen LogP contribution >= 0.6 is 0 Å². The molecule has 0 radical (unpaired) electrons. The molecule has 2 heterocycles. The monoisotopic (exact) mass is 420 g/mol. The highest BCUT2D eigenvalue weighted by Gasteiger charge is 2.14. The van der Waals surface area contributed by atoms with Gasteiger partial charge >= 0.3 is 5.97 Å². The van der Waals surface area contributed by atoms with Gasteiger partial charge in [-0.15, -0.1) is 0 Å². The lowest BCUT2D eigenvalue weighted by Gasteiger charge is -2.08. The van der Waals surface area contributed by atoms with Crippen LogP contribution in [0.4, 0.5) is 0 Å². The van der Waals surface area contributed by atoms with Gasteiger partial charge in [0.25, 0.3) is 0 Å². The number of benzene rings is 1. The number of hydrogen-bond donors (Lipinski definition) is 1. The van der Waals surface area contributed by atoms with E-state index in [1.807, 2.05) is 24.4 Å². The van der Waals surface area contributed by atoms with Gasteiger partial charge in [0, 0.05) is 31.1 Å². The van der Waals surface area contributed by atoms with Gasteiger partial charge in [0.1, 0.15) is 5.82 Å². The van der Waals surface area contributed by atoms with Crippen LogP contribution in [0.3, 0.4) is 0 Å². The number of nitrogens with zero attached hydrogens (tertiary/aromatic N) is 4. The zero-order valence-electron chi connectivity index (χ0n) is 18.5. The molecule has 0 spiro atoms. The molecule has 3 rings (SSSR count). The van der Waals surface area contributed by atoms with Crippen molar-refractivity contribution in [2.24, 2.45) is 0 Å². The smallest absolute Gasteiger partial charge is 0.336 e. The third-order valence-electron chi connectivity index (χ3n) is 5.39. The van der Waals surface area contributed by atoms with Gasteiger partial charge in [-0.3, -0.25) is 4.98 Å². The number of aromatic nitrogens is 4. The molecule has 0 saturated carbocycles. The van der Waals surface area contributed by atoms with E-state index in [1.54, 1.807) is 18.2 Å². The van der Waals surface area contributed by atoms with Crippen LogP contribution in [-0.2, 0) is 19.4 Å². The fourth-order valence-electron chi connectivity index (χ4n) is 3.65. The second-order valence-corrected chi connectivity index (χ2v) is 7.91. The second kappa shape index (κ2) is 11.4. The predicted molar refractivity (Wildman–Crippen MR) is 122 cm³/mol. The molecule has 164 valence electrons.